The summed E-state index contributed by atoms with van der Waals surface area (Å²) in [5.41, 5.74) is 4.18. The number of nitrogen functional groups attached to an aromatic ring is 1. The third kappa shape index (κ3) is 3.13. The molecule has 18 heavy (non-hydrogen) atoms. The summed E-state index contributed by atoms with van der Waals surface area (Å²) in [6.07, 6.45) is -6.76. The lowest BCUT2D eigenvalue weighted by molar-refractivity contribution is -0.146. The first-order valence-electron chi connectivity index (χ1n) is 5.00. The number of alkyl halides is 3. The molecule has 1 aromatic carbocycles. The van der Waals surface area contributed by atoms with Crippen molar-refractivity contribution in [2.45, 2.75) is 25.6 Å². The van der Waals surface area contributed by atoms with Crippen molar-refractivity contribution in [2.75, 3.05) is 5.73 Å². The average Bonchev–Trinajstić information content (AvgIpc) is 2.21. The average molecular weight is 263 g/mol. The Morgan fingerprint density at radius 3 is 2.44 bits per heavy atom. The van der Waals surface area contributed by atoms with E-state index < -0.39 is 35.9 Å². The molecule has 1 aromatic rings. The van der Waals surface area contributed by atoms with Crippen molar-refractivity contribution in [3.8, 4) is 0 Å². The fraction of sp³-hybridized carbons (Fsp3) is 0.364. The van der Waals surface area contributed by atoms with Gasteiger partial charge in [0.1, 0.15) is 0 Å². The summed E-state index contributed by atoms with van der Waals surface area (Å²) in [5, 5.41) is 17.6. The van der Waals surface area contributed by atoms with Crippen molar-refractivity contribution in [1.82, 2.24) is 0 Å². The van der Waals surface area contributed by atoms with E-state index in [1.807, 2.05) is 0 Å². The highest BCUT2D eigenvalue weighted by Gasteiger charge is 2.34. The zero-order valence-corrected chi connectivity index (χ0v) is 9.45. The molecular formula is C11H12F3NO3. The van der Waals surface area contributed by atoms with Crippen molar-refractivity contribution in [1.29, 1.82) is 0 Å². The molecule has 0 spiro atoms. The number of hydrogen-bond acceptors (Lipinski definition) is 3. The Hall–Kier alpha value is -1.76. The highest BCUT2D eigenvalue weighted by Crippen LogP contribution is 2.36. The third-order valence-electron chi connectivity index (χ3n) is 2.47. The monoisotopic (exact) mass is 263 g/mol. The van der Waals surface area contributed by atoms with E-state index in [0.717, 1.165) is 6.07 Å². The van der Waals surface area contributed by atoms with E-state index in [4.69, 9.17) is 15.9 Å². The fourth-order valence-electron chi connectivity index (χ4n) is 1.54. The van der Waals surface area contributed by atoms with Crippen molar-refractivity contribution in [3.63, 3.8) is 0 Å². The standard InChI is InChI=1S/C11H12F3NO3/c1-5-2-6(4-8(16)10(17)18)3-7(9(5)15)11(12,13)14/h2-3,8,16H,4,15H2,1H3,(H,17,18)/t8-/m1/s1. The van der Waals surface area contributed by atoms with Gasteiger partial charge in [-0.1, -0.05) is 6.07 Å². The first-order valence-corrected chi connectivity index (χ1v) is 5.00. The second-order valence-corrected chi connectivity index (χ2v) is 3.93. The Morgan fingerprint density at radius 2 is 2.00 bits per heavy atom. The van der Waals surface area contributed by atoms with Gasteiger partial charge in [0.15, 0.2) is 6.10 Å². The van der Waals surface area contributed by atoms with Crippen molar-refractivity contribution in [3.05, 3.63) is 28.8 Å². The lowest BCUT2D eigenvalue weighted by Gasteiger charge is -2.15. The van der Waals surface area contributed by atoms with E-state index in [9.17, 15) is 18.0 Å². The maximum atomic E-state index is 12.6. The van der Waals surface area contributed by atoms with Crippen molar-refractivity contribution in [2.24, 2.45) is 0 Å². The predicted molar refractivity (Wildman–Crippen MR) is 57.9 cm³/mol. The lowest BCUT2D eigenvalue weighted by Crippen LogP contribution is -2.22. The van der Waals surface area contributed by atoms with Crippen LogP contribution in [0.25, 0.3) is 0 Å². The van der Waals surface area contributed by atoms with Crippen LogP contribution in [0.5, 0.6) is 0 Å². The molecule has 0 aromatic heterocycles. The number of rotatable bonds is 3. The van der Waals surface area contributed by atoms with Crippen LogP contribution in [-0.2, 0) is 17.4 Å². The largest absolute Gasteiger partial charge is 0.479 e. The molecule has 0 fully saturated rings. The van der Waals surface area contributed by atoms with E-state index in [2.05, 4.69) is 0 Å². The van der Waals surface area contributed by atoms with Gasteiger partial charge in [0, 0.05) is 12.1 Å². The molecule has 0 heterocycles. The van der Waals surface area contributed by atoms with E-state index >= 15 is 0 Å². The first-order chi connectivity index (χ1) is 8.12. The van der Waals surface area contributed by atoms with Crippen LogP contribution in [0.4, 0.5) is 18.9 Å². The van der Waals surface area contributed by atoms with Gasteiger partial charge < -0.3 is 15.9 Å². The number of anilines is 1. The SMILES string of the molecule is Cc1cc(C[C@@H](O)C(=O)O)cc(C(F)(F)F)c1N. The summed E-state index contributed by atoms with van der Waals surface area (Å²) < 4.78 is 37.9. The number of nitrogens with two attached hydrogens (primary N) is 1. The smallest absolute Gasteiger partial charge is 0.418 e. The first kappa shape index (κ1) is 14.3. The number of aliphatic hydroxyl groups is 1. The van der Waals surface area contributed by atoms with Gasteiger partial charge in [0.05, 0.1) is 5.56 Å². The van der Waals surface area contributed by atoms with E-state index in [1.165, 1.54) is 13.0 Å². The maximum absolute atomic E-state index is 12.6. The zero-order valence-electron chi connectivity index (χ0n) is 9.45. The molecule has 0 aliphatic carbocycles. The third-order valence-corrected chi connectivity index (χ3v) is 2.47. The Bertz CT molecular complexity index is 471. The number of carboxylic acid groups (broad SMARTS) is 1. The van der Waals surface area contributed by atoms with Crippen LogP contribution in [0, 0.1) is 6.92 Å². The Balaban J connectivity index is 3.17. The highest BCUT2D eigenvalue weighted by atomic mass is 19.4. The molecule has 0 bridgehead atoms. The summed E-state index contributed by atoms with van der Waals surface area (Å²) in [7, 11) is 0. The zero-order chi connectivity index (χ0) is 14.1. The number of halogens is 3. The van der Waals surface area contributed by atoms with Crippen molar-refractivity contribution >= 4 is 11.7 Å². The van der Waals surface area contributed by atoms with Crippen LogP contribution in [0.2, 0.25) is 0 Å². The molecule has 1 atom stereocenters. The van der Waals surface area contributed by atoms with Gasteiger partial charge in [0.25, 0.3) is 0 Å². The van der Waals surface area contributed by atoms with E-state index in [-0.39, 0.29) is 11.1 Å². The molecular weight excluding hydrogens is 251 g/mol. The van der Waals surface area contributed by atoms with Crippen LogP contribution >= 0.6 is 0 Å². The Kier molecular flexibility index (Phi) is 3.85. The van der Waals surface area contributed by atoms with Crippen LogP contribution in [-0.4, -0.2) is 22.3 Å². The van der Waals surface area contributed by atoms with Gasteiger partial charge in [-0.3, -0.25) is 0 Å². The molecule has 0 aliphatic rings. The summed E-state index contributed by atoms with van der Waals surface area (Å²) in [5.74, 6) is -1.49. The molecule has 4 N–H and O–H groups in total. The molecule has 0 radical (unpaired) electrons. The quantitative estimate of drug-likeness (QED) is 0.723. The van der Waals surface area contributed by atoms with Gasteiger partial charge in [-0.2, -0.15) is 13.2 Å². The topological polar surface area (TPSA) is 83.5 Å². The number of carbonyl (C=O) groups is 1. The number of hydrogen-bond donors (Lipinski definition) is 3. The minimum Gasteiger partial charge on any atom is -0.479 e. The number of aliphatic hydroxyl groups excluding tert-OH is 1. The Morgan fingerprint density at radius 1 is 1.44 bits per heavy atom. The molecule has 0 saturated heterocycles. The van der Waals surface area contributed by atoms with Crippen LogP contribution in [0.1, 0.15) is 16.7 Å². The van der Waals surface area contributed by atoms with Crippen LogP contribution in [0.15, 0.2) is 12.1 Å². The molecule has 0 saturated carbocycles. The van der Waals surface area contributed by atoms with Crippen molar-refractivity contribution < 1.29 is 28.2 Å². The second kappa shape index (κ2) is 4.85. The lowest BCUT2D eigenvalue weighted by atomic mass is 9.99. The fourth-order valence-corrected chi connectivity index (χ4v) is 1.54. The number of aliphatic carboxylic acids is 1. The summed E-state index contributed by atoms with van der Waals surface area (Å²) >= 11 is 0. The Labute approximate surface area is 101 Å². The number of benzene rings is 1. The number of aryl methyl sites for hydroxylation is 1. The minimum absolute atomic E-state index is 0.0731. The molecule has 0 aliphatic heterocycles. The van der Waals surface area contributed by atoms with Gasteiger partial charge in [-0.25, -0.2) is 4.79 Å². The van der Waals surface area contributed by atoms with Gasteiger partial charge in [-0.05, 0) is 24.1 Å². The normalized spacial score (nSPS) is 13.4. The van der Waals surface area contributed by atoms with Gasteiger partial charge >= 0.3 is 12.1 Å². The number of carboxylic acids is 1. The van der Waals surface area contributed by atoms with E-state index in [0.29, 0.717) is 0 Å². The second-order valence-electron chi connectivity index (χ2n) is 3.93. The molecule has 100 valence electrons. The summed E-state index contributed by atoms with van der Waals surface area (Å²) in [4.78, 5) is 10.4. The van der Waals surface area contributed by atoms with Gasteiger partial charge in [-0.15, -0.1) is 0 Å². The van der Waals surface area contributed by atoms with Gasteiger partial charge in [0.2, 0.25) is 0 Å². The summed E-state index contributed by atoms with van der Waals surface area (Å²) in [6.45, 7) is 1.39. The summed E-state index contributed by atoms with van der Waals surface area (Å²) in [6, 6.07) is 2.09. The molecule has 4 nitrogen and oxygen atoms in total. The van der Waals surface area contributed by atoms with E-state index in [1.54, 1.807) is 0 Å². The molecule has 7 heteroatoms. The van der Waals surface area contributed by atoms with Crippen LogP contribution in [0.3, 0.4) is 0 Å². The maximum Gasteiger partial charge on any atom is 0.418 e. The molecule has 1 rings (SSSR count). The molecule has 0 amide bonds. The van der Waals surface area contributed by atoms with Crippen LogP contribution < -0.4 is 5.73 Å². The molecule has 0 unspecified atom stereocenters. The highest BCUT2D eigenvalue weighted by molar-refractivity contribution is 5.72. The predicted octanol–water partition coefficient (Wildman–Crippen LogP) is 1.58. The minimum atomic E-state index is -4.61.